The summed E-state index contributed by atoms with van der Waals surface area (Å²) in [5, 5.41) is 0. The van der Waals surface area contributed by atoms with Gasteiger partial charge in [-0.1, -0.05) is 24.3 Å². The minimum Gasteiger partial charge on any atom is -0.390 e. The molecule has 5 heteroatoms. The smallest absolute Gasteiger partial charge is 0.152 e. The SMILES string of the molecule is NC=Nc1c(C=O)cccc1-c1ccc(SO)cc1. The molecule has 2 aromatic rings. The number of aliphatic imine (C=N–C) groups is 1. The summed E-state index contributed by atoms with van der Waals surface area (Å²) in [6, 6.07) is 12.7. The predicted octanol–water partition coefficient (Wildman–Crippen LogP) is 3.35. The summed E-state index contributed by atoms with van der Waals surface area (Å²) in [5.41, 5.74) is 8.09. The minimum absolute atomic E-state index is 0.486. The lowest BCUT2D eigenvalue weighted by Crippen LogP contribution is -1.91. The Morgan fingerprint density at radius 2 is 1.89 bits per heavy atom. The van der Waals surface area contributed by atoms with Gasteiger partial charge in [0, 0.05) is 28.1 Å². The van der Waals surface area contributed by atoms with Crippen LogP contribution in [0.1, 0.15) is 10.4 Å². The molecule has 0 saturated heterocycles. The van der Waals surface area contributed by atoms with Crippen molar-refractivity contribution < 1.29 is 9.35 Å². The van der Waals surface area contributed by atoms with Gasteiger partial charge in [-0.15, -0.1) is 0 Å². The Kier molecular flexibility index (Phi) is 4.33. The maximum absolute atomic E-state index is 11.0. The van der Waals surface area contributed by atoms with Crippen molar-refractivity contribution in [3.63, 3.8) is 0 Å². The third kappa shape index (κ3) is 2.83. The maximum Gasteiger partial charge on any atom is 0.152 e. The Balaban J connectivity index is 2.56. The molecule has 0 amide bonds. The van der Waals surface area contributed by atoms with E-state index >= 15 is 0 Å². The standard InChI is InChI=1S/C14H12N2O2S/c15-9-16-14-11(8-17)2-1-3-13(14)10-4-6-12(19-18)7-5-10/h1-9,18H,(H2,15,16). The molecule has 3 N–H and O–H groups in total. The number of hydrogen-bond acceptors (Lipinski definition) is 4. The molecule has 0 saturated carbocycles. The third-order valence-electron chi connectivity index (χ3n) is 2.67. The Labute approximate surface area is 115 Å². The molecule has 0 aliphatic rings. The molecule has 0 heterocycles. The highest BCUT2D eigenvalue weighted by Crippen LogP contribution is 2.33. The summed E-state index contributed by atoms with van der Waals surface area (Å²) < 4.78 is 8.95. The molecule has 2 aromatic carbocycles. The van der Waals surface area contributed by atoms with Crippen LogP contribution < -0.4 is 5.73 Å². The summed E-state index contributed by atoms with van der Waals surface area (Å²) in [6.07, 6.45) is 1.92. The summed E-state index contributed by atoms with van der Waals surface area (Å²) in [5.74, 6) is 0. The first-order valence-electron chi connectivity index (χ1n) is 5.54. The molecule has 0 aliphatic carbocycles. The van der Waals surface area contributed by atoms with E-state index in [1.807, 2.05) is 18.2 Å². The molecular weight excluding hydrogens is 260 g/mol. The third-order valence-corrected chi connectivity index (χ3v) is 3.15. The highest BCUT2D eigenvalue weighted by atomic mass is 32.2. The molecule has 0 spiro atoms. The Morgan fingerprint density at radius 1 is 1.16 bits per heavy atom. The van der Waals surface area contributed by atoms with Gasteiger partial charge in [-0.05, 0) is 23.8 Å². The van der Waals surface area contributed by atoms with Gasteiger partial charge >= 0.3 is 0 Å². The van der Waals surface area contributed by atoms with Crippen molar-refractivity contribution in [3.8, 4) is 11.1 Å². The zero-order valence-electron chi connectivity index (χ0n) is 9.98. The number of carbonyl (C=O) groups excluding carboxylic acids is 1. The lowest BCUT2D eigenvalue weighted by molar-refractivity contribution is 0.112. The van der Waals surface area contributed by atoms with Crippen LogP contribution in [-0.4, -0.2) is 17.2 Å². The Bertz CT molecular complexity index is 609. The molecule has 0 radical (unpaired) electrons. The van der Waals surface area contributed by atoms with E-state index in [4.69, 9.17) is 10.3 Å². The molecule has 96 valence electrons. The number of para-hydroxylation sites is 1. The van der Waals surface area contributed by atoms with Crippen LogP contribution in [0.2, 0.25) is 0 Å². The fourth-order valence-corrected chi connectivity index (χ4v) is 2.06. The molecule has 19 heavy (non-hydrogen) atoms. The second kappa shape index (κ2) is 6.17. The summed E-state index contributed by atoms with van der Waals surface area (Å²) >= 11 is 0.689. The van der Waals surface area contributed by atoms with Crippen molar-refractivity contribution in [2.24, 2.45) is 10.7 Å². The molecule has 0 fully saturated rings. The fraction of sp³-hybridized carbons (Fsp3) is 0. The monoisotopic (exact) mass is 272 g/mol. The highest BCUT2D eigenvalue weighted by Gasteiger charge is 2.08. The van der Waals surface area contributed by atoms with E-state index in [-0.39, 0.29) is 0 Å². The van der Waals surface area contributed by atoms with Gasteiger partial charge in [-0.2, -0.15) is 0 Å². The number of benzene rings is 2. The lowest BCUT2D eigenvalue weighted by Gasteiger charge is -2.08. The van der Waals surface area contributed by atoms with E-state index < -0.39 is 0 Å². The van der Waals surface area contributed by atoms with E-state index in [9.17, 15) is 4.79 Å². The molecule has 2 rings (SSSR count). The zero-order valence-corrected chi connectivity index (χ0v) is 10.8. The van der Waals surface area contributed by atoms with E-state index in [2.05, 4.69) is 4.99 Å². The average Bonchev–Trinajstić information content (AvgIpc) is 2.48. The van der Waals surface area contributed by atoms with Crippen LogP contribution in [0, 0.1) is 0 Å². The lowest BCUT2D eigenvalue weighted by atomic mass is 10.0. The van der Waals surface area contributed by atoms with E-state index in [1.54, 1.807) is 24.3 Å². The Morgan fingerprint density at radius 3 is 2.47 bits per heavy atom. The van der Waals surface area contributed by atoms with Crippen molar-refractivity contribution >= 4 is 30.4 Å². The first-order valence-corrected chi connectivity index (χ1v) is 6.31. The second-order valence-electron chi connectivity index (χ2n) is 3.76. The molecule has 0 aromatic heterocycles. The number of carbonyl (C=O) groups is 1. The number of aldehydes is 1. The molecule has 0 aliphatic heterocycles. The van der Waals surface area contributed by atoms with Crippen LogP contribution in [0.3, 0.4) is 0 Å². The zero-order chi connectivity index (χ0) is 13.7. The molecule has 4 nitrogen and oxygen atoms in total. The van der Waals surface area contributed by atoms with Gasteiger partial charge in [0.15, 0.2) is 6.29 Å². The number of nitrogens with two attached hydrogens (primary N) is 1. The highest BCUT2D eigenvalue weighted by molar-refractivity contribution is 7.93. The van der Waals surface area contributed by atoms with Crippen LogP contribution >= 0.6 is 12.0 Å². The van der Waals surface area contributed by atoms with Gasteiger partial charge < -0.3 is 10.3 Å². The van der Waals surface area contributed by atoms with E-state index in [1.165, 1.54) is 6.34 Å². The summed E-state index contributed by atoms with van der Waals surface area (Å²) in [4.78, 5) is 15.8. The summed E-state index contributed by atoms with van der Waals surface area (Å²) in [6.45, 7) is 0. The molecule has 0 unspecified atom stereocenters. The van der Waals surface area contributed by atoms with Crippen LogP contribution in [0.4, 0.5) is 5.69 Å². The first-order chi connectivity index (χ1) is 9.30. The van der Waals surface area contributed by atoms with Crippen molar-refractivity contribution in [1.82, 2.24) is 0 Å². The molecule has 0 bridgehead atoms. The van der Waals surface area contributed by atoms with Crippen molar-refractivity contribution in [2.45, 2.75) is 4.90 Å². The first kappa shape index (κ1) is 13.3. The van der Waals surface area contributed by atoms with Gasteiger partial charge in [0.2, 0.25) is 0 Å². The minimum atomic E-state index is 0.486. The summed E-state index contributed by atoms with van der Waals surface area (Å²) in [7, 11) is 0. The average molecular weight is 272 g/mol. The maximum atomic E-state index is 11.0. The van der Waals surface area contributed by atoms with Gasteiger partial charge in [0.1, 0.15) is 0 Å². The quantitative estimate of drug-likeness (QED) is 0.387. The number of rotatable bonds is 4. The number of hydrogen-bond donors (Lipinski definition) is 2. The topological polar surface area (TPSA) is 75.7 Å². The predicted molar refractivity (Wildman–Crippen MR) is 78.1 cm³/mol. The van der Waals surface area contributed by atoms with Crippen LogP contribution in [0.15, 0.2) is 52.4 Å². The van der Waals surface area contributed by atoms with Gasteiger partial charge in [-0.25, -0.2) is 4.99 Å². The van der Waals surface area contributed by atoms with Crippen molar-refractivity contribution in [1.29, 1.82) is 0 Å². The van der Waals surface area contributed by atoms with Gasteiger partial charge in [0.25, 0.3) is 0 Å². The van der Waals surface area contributed by atoms with Crippen LogP contribution in [-0.2, 0) is 0 Å². The largest absolute Gasteiger partial charge is 0.390 e. The van der Waals surface area contributed by atoms with Crippen LogP contribution in [0.5, 0.6) is 0 Å². The van der Waals surface area contributed by atoms with Gasteiger partial charge in [-0.3, -0.25) is 4.79 Å². The number of nitrogens with zero attached hydrogens (tertiary/aromatic N) is 1. The van der Waals surface area contributed by atoms with Crippen molar-refractivity contribution in [2.75, 3.05) is 0 Å². The normalized spacial score (nSPS) is 10.8. The molecular formula is C14H12N2O2S. The fourth-order valence-electron chi connectivity index (χ4n) is 1.80. The van der Waals surface area contributed by atoms with Gasteiger partial charge in [0.05, 0.1) is 12.0 Å². The Hall–Kier alpha value is -2.11. The van der Waals surface area contributed by atoms with Crippen LogP contribution in [0.25, 0.3) is 11.1 Å². The van der Waals surface area contributed by atoms with Crippen molar-refractivity contribution in [3.05, 3.63) is 48.0 Å². The second-order valence-corrected chi connectivity index (χ2v) is 4.41. The molecule has 0 atom stereocenters. The van der Waals surface area contributed by atoms with E-state index in [0.29, 0.717) is 23.3 Å². The van der Waals surface area contributed by atoms with E-state index in [0.717, 1.165) is 22.3 Å².